The number of ether oxygens (including phenoxy) is 1. The largest absolute Gasteiger partial charge is 0.459 e. The number of esters is 1. The Hall–Kier alpha value is -3.07. The molecule has 0 bridgehead atoms. The topological polar surface area (TPSA) is 96.8 Å². The summed E-state index contributed by atoms with van der Waals surface area (Å²) < 4.78 is 33.7. The number of aromatic nitrogens is 1. The van der Waals surface area contributed by atoms with Crippen molar-refractivity contribution in [2.24, 2.45) is 0 Å². The van der Waals surface area contributed by atoms with Crippen molar-refractivity contribution in [3.63, 3.8) is 0 Å². The lowest BCUT2D eigenvalue weighted by Crippen LogP contribution is -2.48. The summed E-state index contributed by atoms with van der Waals surface area (Å²) in [6, 6.07) is 16.2. The number of sulfonamides is 1. The molecule has 1 aliphatic rings. The predicted octanol–water partition coefficient (Wildman–Crippen LogP) is 3.50. The van der Waals surface area contributed by atoms with Crippen LogP contribution < -0.4 is 0 Å². The van der Waals surface area contributed by atoms with E-state index in [1.807, 2.05) is 0 Å². The van der Waals surface area contributed by atoms with Gasteiger partial charge in [0.15, 0.2) is 0 Å². The van der Waals surface area contributed by atoms with Crippen molar-refractivity contribution < 1.29 is 23.1 Å². The van der Waals surface area contributed by atoms with Crippen molar-refractivity contribution in [2.45, 2.75) is 50.0 Å². The number of benzene rings is 2. The second-order valence-corrected chi connectivity index (χ2v) is 10.2. The van der Waals surface area contributed by atoms with Gasteiger partial charge in [-0.3, -0.25) is 4.98 Å². The van der Waals surface area contributed by atoms with E-state index in [2.05, 4.69) is 4.98 Å². The maximum absolute atomic E-state index is 13.5. The molecule has 0 aliphatic carbocycles. The molecule has 0 spiro atoms. The van der Waals surface area contributed by atoms with Crippen LogP contribution in [0.3, 0.4) is 0 Å². The molecule has 4 rings (SSSR count). The quantitative estimate of drug-likeness (QED) is 0.559. The van der Waals surface area contributed by atoms with Gasteiger partial charge in [-0.25, -0.2) is 13.2 Å². The lowest BCUT2D eigenvalue weighted by molar-refractivity contribution is 0.0378. The van der Waals surface area contributed by atoms with Crippen LogP contribution in [0.2, 0.25) is 0 Å². The van der Waals surface area contributed by atoms with Gasteiger partial charge in [0.25, 0.3) is 0 Å². The van der Waals surface area contributed by atoms with Crippen molar-refractivity contribution in [1.82, 2.24) is 9.29 Å². The fourth-order valence-electron chi connectivity index (χ4n) is 4.01. The first-order chi connectivity index (χ1) is 15.8. The molecule has 0 unspecified atom stereocenters. The van der Waals surface area contributed by atoms with Crippen molar-refractivity contribution in [2.75, 3.05) is 0 Å². The van der Waals surface area contributed by atoms with E-state index in [0.717, 1.165) is 11.1 Å². The molecule has 0 fully saturated rings. The number of nitrogens with zero attached hydrogens (tertiary/aromatic N) is 2. The highest BCUT2D eigenvalue weighted by atomic mass is 32.2. The van der Waals surface area contributed by atoms with E-state index in [9.17, 15) is 18.3 Å². The van der Waals surface area contributed by atoms with E-state index < -0.39 is 28.1 Å². The van der Waals surface area contributed by atoms with Gasteiger partial charge in [0.05, 0.1) is 28.7 Å². The van der Waals surface area contributed by atoms with E-state index in [1.165, 1.54) is 10.4 Å². The molecule has 33 heavy (non-hydrogen) atoms. The van der Waals surface area contributed by atoms with Gasteiger partial charge in [-0.1, -0.05) is 30.3 Å². The number of rotatable bonds is 6. The van der Waals surface area contributed by atoms with E-state index >= 15 is 0 Å². The molecule has 2 atom stereocenters. The minimum Gasteiger partial charge on any atom is -0.459 e. The molecule has 1 aliphatic heterocycles. The highest BCUT2D eigenvalue weighted by Crippen LogP contribution is 2.38. The molecule has 2 heterocycles. The van der Waals surface area contributed by atoms with E-state index in [-0.39, 0.29) is 24.0 Å². The SMILES string of the molecule is CC(C)OC(=O)c1ccc(C[C@@H]2[C@@H](O)c3ccccc3S(=O)(=O)N2Cc2ccncc2)cc1. The number of fused-ring (bicyclic) bond motifs is 1. The van der Waals surface area contributed by atoms with Crippen molar-refractivity contribution >= 4 is 16.0 Å². The highest BCUT2D eigenvalue weighted by molar-refractivity contribution is 7.89. The summed E-state index contributed by atoms with van der Waals surface area (Å²) >= 11 is 0. The zero-order chi connectivity index (χ0) is 23.6. The van der Waals surface area contributed by atoms with Crippen LogP contribution in [0.1, 0.15) is 47.0 Å². The van der Waals surface area contributed by atoms with Gasteiger partial charge in [-0.15, -0.1) is 0 Å². The summed E-state index contributed by atoms with van der Waals surface area (Å²) in [5.74, 6) is -0.412. The van der Waals surface area contributed by atoms with E-state index in [1.54, 1.807) is 80.8 Å². The molecule has 0 amide bonds. The van der Waals surface area contributed by atoms with Crippen LogP contribution in [0.5, 0.6) is 0 Å². The lowest BCUT2D eigenvalue weighted by atomic mass is 9.95. The number of hydrogen-bond acceptors (Lipinski definition) is 6. The number of pyridine rings is 1. The summed E-state index contributed by atoms with van der Waals surface area (Å²) in [4.78, 5) is 16.2. The third-order valence-corrected chi connectivity index (χ3v) is 7.57. The van der Waals surface area contributed by atoms with Gasteiger partial charge in [0.1, 0.15) is 0 Å². The Kier molecular flexibility index (Phi) is 6.60. The molecular formula is C25H26N2O5S. The third-order valence-electron chi connectivity index (χ3n) is 5.62. The summed E-state index contributed by atoms with van der Waals surface area (Å²) in [7, 11) is -3.84. The first-order valence-corrected chi connectivity index (χ1v) is 12.2. The van der Waals surface area contributed by atoms with Gasteiger partial charge in [0, 0.05) is 24.5 Å². The number of carbonyl (C=O) groups excluding carboxylic acids is 1. The first-order valence-electron chi connectivity index (χ1n) is 10.7. The van der Waals surface area contributed by atoms with Crippen LogP contribution in [0.15, 0.2) is 78.0 Å². The predicted molar refractivity (Wildman–Crippen MR) is 123 cm³/mol. The fourth-order valence-corrected chi connectivity index (χ4v) is 5.87. The van der Waals surface area contributed by atoms with Crippen LogP contribution >= 0.6 is 0 Å². The molecule has 0 saturated carbocycles. The Balaban J connectivity index is 1.67. The molecule has 7 nitrogen and oxygen atoms in total. The molecule has 8 heteroatoms. The second kappa shape index (κ2) is 9.43. The highest BCUT2D eigenvalue weighted by Gasteiger charge is 2.43. The van der Waals surface area contributed by atoms with Gasteiger partial charge < -0.3 is 9.84 Å². The van der Waals surface area contributed by atoms with Gasteiger partial charge in [-0.2, -0.15) is 4.31 Å². The van der Waals surface area contributed by atoms with Crippen LogP contribution in [0.25, 0.3) is 0 Å². The van der Waals surface area contributed by atoms with Gasteiger partial charge in [-0.05, 0) is 61.7 Å². The monoisotopic (exact) mass is 466 g/mol. The van der Waals surface area contributed by atoms with Crippen LogP contribution in [0.4, 0.5) is 0 Å². The standard InChI is InChI=1S/C25H26N2O5S/c1-17(2)32-25(29)20-9-7-18(8-10-20)15-22-24(28)21-5-3-4-6-23(21)33(30,31)27(22)16-19-11-13-26-14-12-19/h3-14,17,22,24,28H,15-16H2,1-2H3/t22-,24+/m1/s1. The molecular weight excluding hydrogens is 440 g/mol. The lowest BCUT2D eigenvalue weighted by Gasteiger charge is -2.39. The Bertz CT molecular complexity index is 1230. The van der Waals surface area contributed by atoms with Crippen molar-refractivity contribution in [3.8, 4) is 0 Å². The fraction of sp³-hybridized carbons (Fsp3) is 0.280. The third kappa shape index (κ3) is 4.83. The van der Waals surface area contributed by atoms with Gasteiger partial charge >= 0.3 is 5.97 Å². The minimum absolute atomic E-state index is 0.111. The van der Waals surface area contributed by atoms with E-state index in [0.29, 0.717) is 11.1 Å². The maximum Gasteiger partial charge on any atom is 0.338 e. The van der Waals surface area contributed by atoms with Crippen molar-refractivity contribution in [1.29, 1.82) is 0 Å². The average molecular weight is 467 g/mol. The maximum atomic E-state index is 13.5. The molecule has 0 radical (unpaired) electrons. The zero-order valence-corrected chi connectivity index (χ0v) is 19.3. The number of aliphatic hydroxyl groups excluding tert-OH is 1. The molecule has 2 aromatic carbocycles. The smallest absolute Gasteiger partial charge is 0.338 e. The van der Waals surface area contributed by atoms with Crippen LogP contribution in [-0.2, 0) is 27.7 Å². The molecule has 3 aromatic rings. The van der Waals surface area contributed by atoms with Crippen LogP contribution in [-0.4, -0.2) is 40.9 Å². The number of carbonyl (C=O) groups is 1. The summed E-state index contributed by atoms with van der Waals surface area (Å²) in [5, 5.41) is 11.2. The Morgan fingerprint density at radius 3 is 2.36 bits per heavy atom. The van der Waals surface area contributed by atoms with E-state index in [4.69, 9.17) is 4.74 Å². The number of hydrogen-bond donors (Lipinski definition) is 1. The molecule has 1 aromatic heterocycles. The van der Waals surface area contributed by atoms with Crippen LogP contribution in [0, 0.1) is 0 Å². The molecule has 172 valence electrons. The Labute approximate surface area is 193 Å². The zero-order valence-electron chi connectivity index (χ0n) is 18.5. The Morgan fingerprint density at radius 2 is 1.70 bits per heavy atom. The molecule has 1 N–H and O–H groups in total. The summed E-state index contributed by atoms with van der Waals surface area (Å²) in [6.45, 7) is 3.68. The first kappa shape index (κ1) is 23.1. The Morgan fingerprint density at radius 1 is 1.03 bits per heavy atom. The van der Waals surface area contributed by atoms with Gasteiger partial charge in [0.2, 0.25) is 10.0 Å². The minimum atomic E-state index is -3.84. The second-order valence-electron chi connectivity index (χ2n) is 8.31. The average Bonchev–Trinajstić information content (AvgIpc) is 2.80. The molecule has 0 saturated heterocycles. The summed E-state index contributed by atoms with van der Waals surface area (Å²) in [6.07, 6.45) is 2.28. The van der Waals surface area contributed by atoms with Crippen molar-refractivity contribution in [3.05, 3.63) is 95.3 Å². The summed E-state index contributed by atoms with van der Waals surface area (Å²) in [5.41, 5.74) is 2.39. The normalized spacial score (nSPS) is 19.8. The number of aliphatic hydroxyl groups is 1.